The van der Waals surface area contributed by atoms with Gasteiger partial charge in [0.15, 0.2) is 0 Å². The molecule has 1 atom stereocenters. The molecule has 2 heterocycles. The van der Waals surface area contributed by atoms with Crippen LogP contribution in [-0.4, -0.2) is 36.3 Å². The van der Waals surface area contributed by atoms with Gasteiger partial charge in [0.25, 0.3) is 0 Å². The highest BCUT2D eigenvalue weighted by atomic mass is 32.1. The van der Waals surface area contributed by atoms with Gasteiger partial charge in [-0.25, -0.2) is 9.78 Å². The molecule has 0 radical (unpaired) electrons. The molecule has 0 N–H and O–H groups in total. The Bertz CT molecular complexity index is 478. The van der Waals surface area contributed by atoms with Crippen LogP contribution in [0.2, 0.25) is 0 Å². The van der Waals surface area contributed by atoms with Crippen molar-refractivity contribution in [3.8, 4) is 0 Å². The number of rotatable bonds is 3. The standard InChI is InChI=1S/C12H14N2O3S/c1-17-12(16)10-5-9(2-3-13-10)14-6-8(7-18)4-11(14)15/h2-3,5,8,18H,4,6-7H2,1H3. The number of hydrogen-bond donors (Lipinski definition) is 1. The molecule has 18 heavy (non-hydrogen) atoms. The smallest absolute Gasteiger partial charge is 0.356 e. The van der Waals surface area contributed by atoms with E-state index in [1.165, 1.54) is 13.3 Å². The van der Waals surface area contributed by atoms with Crippen molar-refractivity contribution in [1.82, 2.24) is 4.98 Å². The summed E-state index contributed by atoms with van der Waals surface area (Å²) in [6.45, 7) is 0.632. The van der Waals surface area contributed by atoms with Gasteiger partial charge in [-0.2, -0.15) is 12.6 Å². The number of ether oxygens (including phenoxy) is 1. The molecule has 2 rings (SSSR count). The number of nitrogens with zero attached hydrogens (tertiary/aromatic N) is 2. The van der Waals surface area contributed by atoms with Gasteiger partial charge in [-0.3, -0.25) is 4.79 Å². The third kappa shape index (κ3) is 2.48. The normalized spacial score (nSPS) is 19.1. The Labute approximate surface area is 111 Å². The molecule has 5 nitrogen and oxygen atoms in total. The molecule has 1 saturated heterocycles. The zero-order valence-electron chi connectivity index (χ0n) is 10.00. The third-order valence-corrected chi connectivity index (χ3v) is 3.43. The number of carbonyl (C=O) groups is 2. The summed E-state index contributed by atoms with van der Waals surface area (Å²) in [6.07, 6.45) is 2.00. The summed E-state index contributed by atoms with van der Waals surface area (Å²) in [5.74, 6) is 0.484. The summed E-state index contributed by atoms with van der Waals surface area (Å²) in [5, 5.41) is 0. The highest BCUT2D eigenvalue weighted by Gasteiger charge is 2.30. The molecule has 1 fully saturated rings. The second-order valence-electron chi connectivity index (χ2n) is 4.15. The second-order valence-corrected chi connectivity index (χ2v) is 4.51. The highest BCUT2D eigenvalue weighted by molar-refractivity contribution is 7.80. The first-order chi connectivity index (χ1) is 8.65. The molecule has 0 spiro atoms. The molecule has 96 valence electrons. The minimum Gasteiger partial charge on any atom is -0.464 e. The van der Waals surface area contributed by atoms with Gasteiger partial charge in [0.1, 0.15) is 5.69 Å². The van der Waals surface area contributed by atoms with Gasteiger partial charge >= 0.3 is 5.97 Å². The van der Waals surface area contributed by atoms with Gasteiger partial charge in [0.2, 0.25) is 5.91 Å². The van der Waals surface area contributed by atoms with Crippen molar-refractivity contribution in [3.05, 3.63) is 24.0 Å². The molecule has 0 saturated carbocycles. The SMILES string of the molecule is COC(=O)c1cc(N2CC(CS)CC2=O)ccn1. The first-order valence-electron chi connectivity index (χ1n) is 5.61. The fraction of sp³-hybridized carbons (Fsp3) is 0.417. The van der Waals surface area contributed by atoms with Crippen molar-refractivity contribution in [2.75, 3.05) is 24.3 Å². The number of amides is 1. The van der Waals surface area contributed by atoms with Gasteiger partial charge in [0, 0.05) is 24.8 Å². The van der Waals surface area contributed by atoms with E-state index < -0.39 is 5.97 Å². The third-order valence-electron chi connectivity index (χ3n) is 2.91. The van der Waals surface area contributed by atoms with E-state index in [2.05, 4.69) is 22.3 Å². The van der Waals surface area contributed by atoms with E-state index in [1.54, 1.807) is 17.0 Å². The maximum absolute atomic E-state index is 11.9. The fourth-order valence-electron chi connectivity index (χ4n) is 1.96. The summed E-state index contributed by atoms with van der Waals surface area (Å²) in [5.41, 5.74) is 0.886. The molecule has 1 unspecified atom stereocenters. The molecular weight excluding hydrogens is 252 g/mol. The van der Waals surface area contributed by atoms with Crippen LogP contribution in [-0.2, 0) is 9.53 Å². The van der Waals surface area contributed by atoms with Gasteiger partial charge in [-0.05, 0) is 23.8 Å². The summed E-state index contributed by atoms with van der Waals surface area (Å²) >= 11 is 4.21. The van der Waals surface area contributed by atoms with Crippen LogP contribution < -0.4 is 4.90 Å². The summed E-state index contributed by atoms with van der Waals surface area (Å²) < 4.78 is 4.61. The van der Waals surface area contributed by atoms with Crippen LogP contribution in [0.1, 0.15) is 16.9 Å². The fourth-order valence-corrected chi connectivity index (χ4v) is 2.20. The molecule has 6 heteroatoms. The lowest BCUT2D eigenvalue weighted by Crippen LogP contribution is -2.25. The lowest BCUT2D eigenvalue weighted by molar-refractivity contribution is -0.117. The van der Waals surface area contributed by atoms with Crippen molar-refractivity contribution >= 4 is 30.2 Å². The van der Waals surface area contributed by atoms with Crippen LogP contribution in [0.5, 0.6) is 0 Å². The summed E-state index contributed by atoms with van der Waals surface area (Å²) in [7, 11) is 1.30. The van der Waals surface area contributed by atoms with Crippen molar-refractivity contribution < 1.29 is 14.3 Å². The predicted molar refractivity (Wildman–Crippen MR) is 69.9 cm³/mol. The monoisotopic (exact) mass is 266 g/mol. The Morgan fingerprint density at radius 2 is 2.44 bits per heavy atom. The largest absolute Gasteiger partial charge is 0.464 e. The van der Waals surface area contributed by atoms with Crippen LogP contribution in [0, 0.1) is 5.92 Å². The van der Waals surface area contributed by atoms with Crippen LogP contribution in [0.15, 0.2) is 18.3 Å². The van der Waals surface area contributed by atoms with Gasteiger partial charge in [0.05, 0.1) is 7.11 Å². The maximum atomic E-state index is 11.9. The molecule has 1 aromatic rings. The maximum Gasteiger partial charge on any atom is 0.356 e. The number of esters is 1. The number of carbonyl (C=O) groups excluding carboxylic acids is 2. The predicted octanol–water partition coefficient (Wildman–Crippen LogP) is 1.15. The van der Waals surface area contributed by atoms with E-state index in [-0.39, 0.29) is 17.5 Å². The average Bonchev–Trinajstić information content (AvgIpc) is 2.79. The lowest BCUT2D eigenvalue weighted by Gasteiger charge is -2.16. The number of hydrogen-bond acceptors (Lipinski definition) is 5. The Balaban J connectivity index is 2.24. The Hall–Kier alpha value is -1.56. The molecule has 1 aromatic heterocycles. The highest BCUT2D eigenvalue weighted by Crippen LogP contribution is 2.25. The number of aromatic nitrogens is 1. The first kappa shape index (κ1) is 12.9. The zero-order valence-corrected chi connectivity index (χ0v) is 10.9. The molecule has 0 bridgehead atoms. The van der Waals surface area contributed by atoms with Crippen LogP contribution in [0.4, 0.5) is 5.69 Å². The van der Waals surface area contributed by atoms with E-state index in [0.29, 0.717) is 24.4 Å². The molecule has 1 amide bonds. The van der Waals surface area contributed by atoms with Crippen molar-refractivity contribution in [2.24, 2.45) is 5.92 Å². The van der Waals surface area contributed by atoms with Crippen molar-refractivity contribution in [1.29, 1.82) is 0 Å². The van der Waals surface area contributed by atoms with E-state index in [4.69, 9.17) is 0 Å². The van der Waals surface area contributed by atoms with E-state index in [9.17, 15) is 9.59 Å². The minimum absolute atomic E-state index is 0.0519. The summed E-state index contributed by atoms with van der Waals surface area (Å²) in [4.78, 5) is 28.8. The van der Waals surface area contributed by atoms with Gasteiger partial charge < -0.3 is 9.64 Å². The molecule has 0 aliphatic carbocycles. The average molecular weight is 266 g/mol. The first-order valence-corrected chi connectivity index (χ1v) is 6.24. The molecule has 0 aromatic carbocycles. The van der Waals surface area contributed by atoms with Crippen LogP contribution in [0.25, 0.3) is 0 Å². The Morgan fingerprint density at radius 1 is 1.67 bits per heavy atom. The lowest BCUT2D eigenvalue weighted by atomic mass is 10.1. The van der Waals surface area contributed by atoms with Gasteiger partial charge in [-0.15, -0.1) is 0 Å². The number of anilines is 1. The Kier molecular flexibility index (Phi) is 3.86. The topological polar surface area (TPSA) is 59.5 Å². The molecule has 1 aliphatic rings. The number of pyridine rings is 1. The van der Waals surface area contributed by atoms with Gasteiger partial charge in [-0.1, -0.05) is 0 Å². The quantitative estimate of drug-likeness (QED) is 0.658. The van der Waals surface area contributed by atoms with Crippen LogP contribution >= 0.6 is 12.6 Å². The minimum atomic E-state index is -0.505. The number of methoxy groups -OCH3 is 1. The Morgan fingerprint density at radius 3 is 3.06 bits per heavy atom. The molecule has 1 aliphatic heterocycles. The van der Waals surface area contributed by atoms with Crippen molar-refractivity contribution in [2.45, 2.75) is 6.42 Å². The van der Waals surface area contributed by atoms with E-state index in [0.717, 1.165) is 0 Å². The second kappa shape index (κ2) is 5.39. The molecular formula is C12H14N2O3S. The van der Waals surface area contributed by atoms with E-state index >= 15 is 0 Å². The van der Waals surface area contributed by atoms with Crippen molar-refractivity contribution in [3.63, 3.8) is 0 Å². The van der Waals surface area contributed by atoms with Crippen LogP contribution in [0.3, 0.4) is 0 Å². The summed E-state index contributed by atoms with van der Waals surface area (Å²) in [6, 6.07) is 3.29. The number of thiol groups is 1. The van der Waals surface area contributed by atoms with E-state index in [1.807, 2.05) is 0 Å². The zero-order chi connectivity index (χ0) is 13.1.